The van der Waals surface area contributed by atoms with Crippen molar-refractivity contribution in [3.05, 3.63) is 41.1 Å². The highest BCUT2D eigenvalue weighted by molar-refractivity contribution is 14.0. The van der Waals surface area contributed by atoms with Gasteiger partial charge in [-0.2, -0.15) is 0 Å². The summed E-state index contributed by atoms with van der Waals surface area (Å²) in [5.41, 5.74) is 1.98. The summed E-state index contributed by atoms with van der Waals surface area (Å²) in [7, 11) is 1.67. The molecular weight excluding hydrogens is 495 g/mol. The summed E-state index contributed by atoms with van der Waals surface area (Å²) in [6.45, 7) is 7.69. The number of aromatic nitrogens is 1. The molecule has 7 nitrogen and oxygen atoms in total. The van der Waals surface area contributed by atoms with Crippen molar-refractivity contribution in [3.8, 4) is 11.5 Å². The van der Waals surface area contributed by atoms with E-state index >= 15 is 0 Å². The number of methoxy groups -OCH3 is 1. The Hall–Kier alpha value is -1.97. The molecule has 0 atom stereocenters. The summed E-state index contributed by atoms with van der Waals surface area (Å²) >= 11 is 0. The van der Waals surface area contributed by atoms with Gasteiger partial charge >= 0.3 is 0 Å². The van der Waals surface area contributed by atoms with Crippen LogP contribution in [-0.2, 0) is 13.1 Å². The van der Waals surface area contributed by atoms with Crippen molar-refractivity contribution in [1.29, 1.82) is 0 Å². The van der Waals surface area contributed by atoms with Gasteiger partial charge < -0.3 is 24.5 Å². The Morgan fingerprint density at radius 1 is 1.20 bits per heavy atom. The highest BCUT2D eigenvalue weighted by Gasteiger charge is 2.18. The number of oxazole rings is 1. The third-order valence-electron chi connectivity index (χ3n) is 5.07. The van der Waals surface area contributed by atoms with Gasteiger partial charge in [0.25, 0.3) is 0 Å². The Labute approximate surface area is 196 Å². The van der Waals surface area contributed by atoms with Gasteiger partial charge in [0.1, 0.15) is 5.76 Å². The van der Waals surface area contributed by atoms with Gasteiger partial charge in [0.05, 0.1) is 32.0 Å². The normalized spacial score (nSPS) is 14.3. The molecule has 0 unspecified atom stereocenters. The van der Waals surface area contributed by atoms with E-state index in [9.17, 15) is 0 Å². The first-order chi connectivity index (χ1) is 14.1. The number of guanidine groups is 1. The van der Waals surface area contributed by atoms with Crippen LogP contribution in [0.15, 0.2) is 27.6 Å². The zero-order valence-corrected chi connectivity index (χ0v) is 20.6. The van der Waals surface area contributed by atoms with Gasteiger partial charge in [0, 0.05) is 6.54 Å². The molecule has 30 heavy (non-hydrogen) atoms. The Morgan fingerprint density at radius 2 is 1.97 bits per heavy atom. The van der Waals surface area contributed by atoms with Crippen LogP contribution in [0.25, 0.3) is 0 Å². The van der Waals surface area contributed by atoms with Gasteiger partial charge in [-0.15, -0.1) is 24.0 Å². The predicted molar refractivity (Wildman–Crippen MR) is 129 cm³/mol. The van der Waals surface area contributed by atoms with Crippen LogP contribution < -0.4 is 20.1 Å². The van der Waals surface area contributed by atoms with E-state index in [4.69, 9.17) is 13.9 Å². The molecule has 1 heterocycles. The smallest absolute Gasteiger partial charge is 0.214 e. The van der Waals surface area contributed by atoms with Gasteiger partial charge in [-0.3, -0.25) is 0 Å². The summed E-state index contributed by atoms with van der Waals surface area (Å²) < 4.78 is 17.3. The van der Waals surface area contributed by atoms with Gasteiger partial charge in [-0.05, 0) is 64.2 Å². The minimum absolute atomic E-state index is 0. The maximum Gasteiger partial charge on any atom is 0.214 e. The topological polar surface area (TPSA) is 80.9 Å². The lowest BCUT2D eigenvalue weighted by Crippen LogP contribution is -2.36. The molecule has 3 rings (SSSR count). The van der Waals surface area contributed by atoms with Crippen LogP contribution in [0.5, 0.6) is 11.5 Å². The van der Waals surface area contributed by atoms with E-state index in [1.54, 1.807) is 7.11 Å². The molecule has 166 valence electrons. The quantitative estimate of drug-likeness (QED) is 0.299. The number of halogens is 1. The number of ether oxygens (including phenoxy) is 2. The monoisotopic (exact) mass is 528 g/mol. The fourth-order valence-electron chi connectivity index (χ4n) is 3.38. The van der Waals surface area contributed by atoms with Gasteiger partial charge in [-0.25, -0.2) is 9.98 Å². The Morgan fingerprint density at radius 3 is 2.60 bits per heavy atom. The average molecular weight is 528 g/mol. The Balaban J connectivity index is 0.00000320. The first-order valence-corrected chi connectivity index (χ1v) is 10.4. The van der Waals surface area contributed by atoms with E-state index in [1.165, 1.54) is 12.8 Å². The second-order valence-electron chi connectivity index (χ2n) is 7.31. The van der Waals surface area contributed by atoms with E-state index in [1.807, 2.05) is 39.0 Å². The maximum atomic E-state index is 6.19. The van der Waals surface area contributed by atoms with Crippen LogP contribution >= 0.6 is 24.0 Å². The van der Waals surface area contributed by atoms with E-state index in [-0.39, 0.29) is 30.1 Å². The van der Waals surface area contributed by atoms with E-state index in [0.717, 1.165) is 53.9 Å². The molecule has 0 bridgehead atoms. The number of nitrogens with one attached hydrogen (secondary N) is 2. The fraction of sp³-hybridized carbons (Fsp3) is 0.545. The molecule has 8 heteroatoms. The highest BCUT2D eigenvalue weighted by atomic mass is 127. The van der Waals surface area contributed by atoms with Crippen molar-refractivity contribution >= 4 is 29.9 Å². The standard InChI is InChI=1S/C22H32N4O3.HI/c1-5-23-22(25-14-21-26-15(2)16(3)28-21)24-13-17-10-11-19(27-4)20(12-17)29-18-8-6-7-9-18;/h10-12,18H,5-9,13-14H2,1-4H3,(H2,23,24,25);1H. The lowest BCUT2D eigenvalue weighted by Gasteiger charge is -2.16. The average Bonchev–Trinajstić information content (AvgIpc) is 3.34. The maximum absolute atomic E-state index is 6.19. The van der Waals surface area contributed by atoms with E-state index in [2.05, 4.69) is 20.6 Å². The molecule has 0 radical (unpaired) electrons. The third-order valence-corrected chi connectivity index (χ3v) is 5.07. The molecule has 1 aliphatic carbocycles. The predicted octanol–water partition coefficient (Wildman–Crippen LogP) is 4.49. The highest BCUT2D eigenvalue weighted by Crippen LogP contribution is 2.32. The van der Waals surface area contributed by atoms with Gasteiger partial charge in [-0.1, -0.05) is 6.07 Å². The first kappa shape index (κ1) is 24.3. The van der Waals surface area contributed by atoms with Crippen molar-refractivity contribution in [2.24, 2.45) is 4.99 Å². The zero-order valence-electron chi connectivity index (χ0n) is 18.3. The van der Waals surface area contributed by atoms with Crippen molar-refractivity contribution in [2.75, 3.05) is 13.7 Å². The summed E-state index contributed by atoms with van der Waals surface area (Å²) in [4.78, 5) is 9.08. The molecular formula is C22H33IN4O3. The third kappa shape index (κ3) is 6.78. The van der Waals surface area contributed by atoms with E-state index in [0.29, 0.717) is 19.0 Å². The molecule has 1 aromatic heterocycles. The van der Waals surface area contributed by atoms with E-state index < -0.39 is 0 Å². The van der Waals surface area contributed by atoms with Crippen LogP contribution in [0.2, 0.25) is 0 Å². The molecule has 0 saturated heterocycles. The number of aryl methyl sites for hydroxylation is 2. The molecule has 2 N–H and O–H groups in total. The zero-order chi connectivity index (χ0) is 20.6. The molecule has 1 saturated carbocycles. The van der Waals surface area contributed by atoms with Crippen LogP contribution in [0, 0.1) is 13.8 Å². The van der Waals surface area contributed by atoms with Crippen LogP contribution in [0.1, 0.15) is 55.5 Å². The molecule has 0 amide bonds. The van der Waals surface area contributed by atoms with Crippen molar-refractivity contribution in [1.82, 2.24) is 15.6 Å². The van der Waals surface area contributed by atoms with Gasteiger partial charge in [0.15, 0.2) is 17.5 Å². The number of nitrogens with zero attached hydrogens (tertiary/aromatic N) is 2. The van der Waals surface area contributed by atoms with Crippen molar-refractivity contribution in [3.63, 3.8) is 0 Å². The first-order valence-electron chi connectivity index (χ1n) is 10.4. The fourth-order valence-corrected chi connectivity index (χ4v) is 3.38. The summed E-state index contributed by atoms with van der Waals surface area (Å²) in [6, 6.07) is 6.01. The number of benzene rings is 1. The minimum Gasteiger partial charge on any atom is -0.493 e. The lowest BCUT2D eigenvalue weighted by atomic mass is 10.2. The van der Waals surface area contributed by atoms with Crippen LogP contribution in [-0.4, -0.2) is 30.7 Å². The van der Waals surface area contributed by atoms with Crippen LogP contribution in [0.4, 0.5) is 0 Å². The second-order valence-corrected chi connectivity index (χ2v) is 7.31. The summed E-state index contributed by atoms with van der Waals surface area (Å²) in [5, 5.41) is 6.52. The van der Waals surface area contributed by atoms with Crippen LogP contribution in [0.3, 0.4) is 0 Å². The Kier molecular flexibility index (Phi) is 9.74. The van der Waals surface area contributed by atoms with Gasteiger partial charge in [0.2, 0.25) is 5.89 Å². The number of aliphatic imine (C=N–C) groups is 1. The molecule has 0 spiro atoms. The number of rotatable bonds is 8. The lowest BCUT2D eigenvalue weighted by molar-refractivity contribution is 0.200. The minimum atomic E-state index is 0. The largest absolute Gasteiger partial charge is 0.493 e. The second kappa shape index (κ2) is 12.0. The Bertz CT molecular complexity index is 812. The number of hydrogen-bond acceptors (Lipinski definition) is 5. The van der Waals surface area contributed by atoms with Crippen molar-refractivity contribution < 1.29 is 13.9 Å². The molecule has 2 aromatic rings. The molecule has 0 aliphatic heterocycles. The number of hydrogen-bond donors (Lipinski definition) is 2. The molecule has 1 fully saturated rings. The summed E-state index contributed by atoms with van der Waals surface area (Å²) in [6.07, 6.45) is 4.98. The summed E-state index contributed by atoms with van der Waals surface area (Å²) in [5.74, 6) is 3.79. The SMILES string of the molecule is CCNC(=NCc1ccc(OC)c(OC2CCCC2)c1)NCc1nc(C)c(C)o1.I. The molecule has 1 aromatic carbocycles. The van der Waals surface area contributed by atoms with Crippen molar-refractivity contribution in [2.45, 2.75) is 65.6 Å². The molecule has 1 aliphatic rings.